The van der Waals surface area contributed by atoms with Crippen LogP contribution in [0.4, 0.5) is 5.69 Å². The maximum Gasteiger partial charge on any atom is 0.193 e. The molecule has 5 nitrogen and oxygen atoms in total. The van der Waals surface area contributed by atoms with Gasteiger partial charge in [-0.05, 0) is 24.6 Å². The van der Waals surface area contributed by atoms with Gasteiger partial charge in [-0.25, -0.2) is 0 Å². The van der Waals surface area contributed by atoms with Gasteiger partial charge in [-0.1, -0.05) is 17.3 Å². The van der Waals surface area contributed by atoms with Crippen molar-refractivity contribution in [1.82, 2.24) is 20.6 Å². The predicted octanol–water partition coefficient (Wildman–Crippen LogP) is 1.12. The molecule has 0 unspecified atom stereocenters. The van der Waals surface area contributed by atoms with Gasteiger partial charge in [0, 0.05) is 5.69 Å². The number of nitrogens with zero attached hydrogens (tertiary/aromatic N) is 3. The van der Waals surface area contributed by atoms with Crippen LogP contribution in [0.3, 0.4) is 0 Å². The van der Waals surface area contributed by atoms with Gasteiger partial charge >= 0.3 is 0 Å². The number of tetrazole rings is 1. The van der Waals surface area contributed by atoms with E-state index < -0.39 is 0 Å². The van der Waals surface area contributed by atoms with Gasteiger partial charge in [-0.3, -0.25) is 0 Å². The minimum Gasteiger partial charge on any atom is -0.378 e. The summed E-state index contributed by atoms with van der Waals surface area (Å²) in [5.74, 6) is 0.659. The van der Waals surface area contributed by atoms with Crippen molar-refractivity contribution in [1.29, 1.82) is 0 Å². The Kier molecular flexibility index (Phi) is 2.40. The molecule has 0 spiro atoms. The van der Waals surface area contributed by atoms with Gasteiger partial charge in [-0.15, -0.1) is 10.2 Å². The molecule has 0 radical (unpaired) electrons. The van der Waals surface area contributed by atoms with Crippen molar-refractivity contribution >= 4 is 5.69 Å². The second-order valence-corrected chi connectivity index (χ2v) is 3.05. The van der Waals surface area contributed by atoms with Crippen molar-refractivity contribution in [2.75, 3.05) is 5.32 Å². The average Bonchev–Trinajstić information content (AvgIpc) is 2.67. The molecule has 0 amide bonds. The Morgan fingerprint density at radius 2 is 2.36 bits per heavy atom. The van der Waals surface area contributed by atoms with Gasteiger partial charge in [0.1, 0.15) is 0 Å². The number of benzene rings is 1. The van der Waals surface area contributed by atoms with Crippen molar-refractivity contribution in [3.63, 3.8) is 0 Å². The lowest BCUT2D eigenvalue weighted by Crippen LogP contribution is -2.01. The number of hydrogen-bond donors (Lipinski definition) is 2. The topological polar surface area (TPSA) is 66.5 Å². The summed E-state index contributed by atoms with van der Waals surface area (Å²) in [4.78, 5) is 0. The van der Waals surface area contributed by atoms with Crippen molar-refractivity contribution in [3.8, 4) is 0 Å². The zero-order valence-corrected chi connectivity index (χ0v) is 7.86. The highest BCUT2D eigenvalue weighted by Crippen LogP contribution is 2.09. The molecule has 2 aromatic rings. The number of aryl methyl sites for hydroxylation is 1. The molecular weight excluding hydrogens is 178 g/mol. The minimum absolute atomic E-state index is 0.583. The third kappa shape index (κ3) is 2.07. The first kappa shape index (κ1) is 8.68. The molecular formula is C9H11N5. The summed E-state index contributed by atoms with van der Waals surface area (Å²) in [7, 11) is 0. The molecule has 0 bridgehead atoms. The lowest BCUT2D eigenvalue weighted by Gasteiger charge is -2.03. The first-order chi connectivity index (χ1) is 6.84. The maximum absolute atomic E-state index is 3.84. The quantitative estimate of drug-likeness (QED) is 0.759. The Balaban J connectivity index is 1.98. The van der Waals surface area contributed by atoms with Gasteiger partial charge in [0.25, 0.3) is 0 Å². The van der Waals surface area contributed by atoms with Crippen molar-refractivity contribution in [2.45, 2.75) is 13.5 Å². The highest BCUT2D eigenvalue weighted by molar-refractivity contribution is 5.45. The van der Waals surface area contributed by atoms with Gasteiger partial charge in [-0.2, -0.15) is 5.21 Å². The maximum atomic E-state index is 3.84. The van der Waals surface area contributed by atoms with Crippen LogP contribution in [-0.4, -0.2) is 20.6 Å². The Bertz CT molecular complexity index is 395. The Morgan fingerprint density at radius 3 is 3.07 bits per heavy atom. The number of aromatic nitrogens is 4. The molecule has 0 atom stereocenters. The molecule has 2 rings (SSSR count). The normalized spacial score (nSPS) is 10.1. The van der Waals surface area contributed by atoms with Crippen LogP contribution in [0.25, 0.3) is 0 Å². The van der Waals surface area contributed by atoms with E-state index in [1.807, 2.05) is 12.1 Å². The van der Waals surface area contributed by atoms with E-state index in [1.165, 1.54) is 5.56 Å². The molecule has 1 heterocycles. The molecule has 5 heteroatoms. The highest BCUT2D eigenvalue weighted by Gasteiger charge is 1.97. The number of aromatic amines is 1. The molecule has 0 saturated heterocycles. The largest absolute Gasteiger partial charge is 0.378 e. The number of nitrogens with one attached hydrogen (secondary N) is 2. The molecule has 0 aliphatic rings. The summed E-state index contributed by atoms with van der Waals surface area (Å²) in [5.41, 5.74) is 2.29. The van der Waals surface area contributed by atoms with Crippen molar-refractivity contribution in [2.24, 2.45) is 0 Å². The average molecular weight is 189 g/mol. The van der Waals surface area contributed by atoms with Gasteiger partial charge in [0.2, 0.25) is 0 Å². The van der Waals surface area contributed by atoms with E-state index >= 15 is 0 Å². The van der Waals surface area contributed by atoms with Gasteiger partial charge < -0.3 is 5.32 Å². The lowest BCUT2D eigenvalue weighted by molar-refractivity contribution is 0.881. The molecule has 2 N–H and O–H groups in total. The highest BCUT2D eigenvalue weighted by atomic mass is 15.5. The molecule has 14 heavy (non-hydrogen) atoms. The number of hydrogen-bond acceptors (Lipinski definition) is 4. The summed E-state index contributed by atoms with van der Waals surface area (Å²) in [5, 5.41) is 16.8. The lowest BCUT2D eigenvalue weighted by atomic mass is 10.2. The van der Waals surface area contributed by atoms with E-state index in [9.17, 15) is 0 Å². The smallest absolute Gasteiger partial charge is 0.193 e. The van der Waals surface area contributed by atoms with E-state index in [1.54, 1.807) is 0 Å². The van der Waals surface area contributed by atoms with E-state index in [-0.39, 0.29) is 0 Å². The fourth-order valence-electron chi connectivity index (χ4n) is 1.19. The van der Waals surface area contributed by atoms with E-state index in [0.717, 1.165) is 5.69 Å². The second kappa shape index (κ2) is 3.87. The molecule has 72 valence electrons. The molecule has 1 aromatic heterocycles. The number of H-pyrrole nitrogens is 1. The minimum atomic E-state index is 0.583. The van der Waals surface area contributed by atoms with Crippen molar-refractivity contribution in [3.05, 3.63) is 35.7 Å². The third-order valence-corrected chi connectivity index (χ3v) is 1.86. The zero-order valence-electron chi connectivity index (χ0n) is 7.86. The number of rotatable bonds is 3. The summed E-state index contributed by atoms with van der Waals surface area (Å²) in [6, 6.07) is 8.14. The Hall–Kier alpha value is -1.91. The predicted molar refractivity (Wildman–Crippen MR) is 52.7 cm³/mol. The summed E-state index contributed by atoms with van der Waals surface area (Å²) in [6.45, 7) is 2.64. The van der Waals surface area contributed by atoms with Crippen LogP contribution >= 0.6 is 0 Å². The van der Waals surface area contributed by atoms with Crippen LogP contribution < -0.4 is 5.32 Å². The molecule has 0 saturated carbocycles. The molecule has 1 aromatic carbocycles. The summed E-state index contributed by atoms with van der Waals surface area (Å²) < 4.78 is 0. The number of anilines is 1. The fourth-order valence-corrected chi connectivity index (χ4v) is 1.19. The third-order valence-electron chi connectivity index (χ3n) is 1.86. The van der Waals surface area contributed by atoms with Crippen LogP contribution in [-0.2, 0) is 6.54 Å². The van der Waals surface area contributed by atoms with Crippen LogP contribution in [0, 0.1) is 6.92 Å². The summed E-state index contributed by atoms with van der Waals surface area (Å²) >= 11 is 0. The van der Waals surface area contributed by atoms with E-state index in [2.05, 4.69) is 45.0 Å². The molecule has 0 aliphatic heterocycles. The first-order valence-electron chi connectivity index (χ1n) is 4.37. The first-order valence-corrected chi connectivity index (χ1v) is 4.37. The van der Waals surface area contributed by atoms with Gasteiger partial charge in [0.05, 0.1) is 6.54 Å². The Labute approximate surface area is 81.5 Å². The van der Waals surface area contributed by atoms with E-state index in [4.69, 9.17) is 0 Å². The zero-order chi connectivity index (χ0) is 9.80. The standard InChI is InChI=1S/C9H11N5/c1-7-3-2-4-8(5-7)10-6-9-11-13-14-12-9/h2-5,10H,6H2,1H3,(H,11,12,13,14). The van der Waals surface area contributed by atoms with E-state index in [0.29, 0.717) is 12.4 Å². The van der Waals surface area contributed by atoms with Crippen LogP contribution in [0.2, 0.25) is 0 Å². The SMILES string of the molecule is Cc1cccc(NCc2nn[nH]n2)c1. The molecule has 0 fully saturated rings. The summed E-state index contributed by atoms with van der Waals surface area (Å²) in [6.07, 6.45) is 0. The van der Waals surface area contributed by atoms with Crippen LogP contribution in [0.5, 0.6) is 0 Å². The van der Waals surface area contributed by atoms with Crippen LogP contribution in [0.1, 0.15) is 11.4 Å². The van der Waals surface area contributed by atoms with Crippen molar-refractivity contribution < 1.29 is 0 Å². The van der Waals surface area contributed by atoms with Crippen LogP contribution in [0.15, 0.2) is 24.3 Å². The second-order valence-electron chi connectivity index (χ2n) is 3.05. The van der Waals surface area contributed by atoms with Gasteiger partial charge in [0.15, 0.2) is 5.82 Å². The monoisotopic (exact) mass is 189 g/mol. The fraction of sp³-hybridized carbons (Fsp3) is 0.222. The molecule has 0 aliphatic carbocycles. The Morgan fingerprint density at radius 1 is 1.43 bits per heavy atom.